The molecule has 1 aromatic rings. The van der Waals surface area contributed by atoms with E-state index in [-0.39, 0.29) is 0 Å². The van der Waals surface area contributed by atoms with Gasteiger partial charge in [0.05, 0.1) is 0 Å². The number of benzene rings is 1. The number of piperidine rings is 2. The summed E-state index contributed by atoms with van der Waals surface area (Å²) in [5, 5.41) is 0. The van der Waals surface area contributed by atoms with Gasteiger partial charge in [-0.15, -0.1) is 0 Å². The van der Waals surface area contributed by atoms with Crippen molar-refractivity contribution in [3.63, 3.8) is 0 Å². The first-order valence-corrected chi connectivity index (χ1v) is 6.86. The number of fused-ring (bicyclic) bond motifs is 3. The van der Waals surface area contributed by atoms with Crippen LogP contribution in [0.25, 0.3) is 0 Å². The van der Waals surface area contributed by atoms with Gasteiger partial charge in [0.1, 0.15) is 0 Å². The normalized spacial score (nSPS) is 36.3. The Morgan fingerprint density at radius 2 is 1.65 bits per heavy atom. The number of anilines is 1. The highest BCUT2D eigenvalue weighted by molar-refractivity contribution is 5.56. The highest BCUT2D eigenvalue weighted by Crippen LogP contribution is 2.51. The summed E-state index contributed by atoms with van der Waals surface area (Å²) in [6.45, 7) is 8.41. The summed E-state index contributed by atoms with van der Waals surface area (Å²) in [4.78, 5) is 2.69. The van der Waals surface area contributed by atoms with Crippen LogP contribution in [0.2, 0.25) is 0 Å². The van der Waals surface area contributed by atoms with E-state index in [9.17, 15) is 0 Å². The quantitative estimate of drug-likeness (QED) is 0.699. The summed E-state index contributed by atoms with van der Waals surface area (Å²) in [7, 11) is 0. The SMILES string of the molecule is Cc1ccccc1N1CC2(C)CCC1(C)CC2. The fourth-order valence-corrected chi connectivity index (χ4v) is 3.63. The van der Waals surface area contributed by atoms with E-state index < -0.39 is 0 Å². The minimum atomic E-state index is 0.407. The smallest absolute Gasteiger partial charge is 0.0400 e. The van der Waals surface area contributed by atoms with Crippen LogP contribution in [0.4, 0.5) is 5.69 Å². The van der Waals surface area contributed by atoms with Gasteiger partial charge in [-0.3, -0.25) is 0 Å². The van der Waals surface area contributed by atoms with E-state index >= 15 is 0 Å². The van der Waals surface area contributed by atoms with Crippen LogP contribution >= 0.6 is 0 Å². The van der Waals surface area contributed by atoms with Crippen molar-refractivity contribution in [1.29, 1.82) is 0 Å². The van der Waals surface area contributed by atoms with Gasteiger partial charge in [0.2, 0.25) is 0 Å². The predicted molar refractivity (Wildman–Crippen MR) is 73.5 cm³/mol. The van der Waals surface area contributed by atoms with Gasteiger partial charge in [0, 0.05) is 17.8 Å². The second-order valence-electron chi connectivity index (χ2n) is 6.68. The number of rotatable bonds is 1. The molecule has 1 nitrogen and oxygen atoms in total. The number of aryl methyl sites for hydroxylation is 1. The largest absolute Gasteiger partial charge is 0.365 e. The zero-order valence-electron chi connectivity index (χ0n) is 11.3. The average Bonchev–Trinajstić information content (AvgIpc) is 2.32. The van der Waals surface area contributed by atoms with Gasteiger partial charge in [0.25, 0.3) is 0 Å². The maximum Gasteiger partial charge on any atom is 0.0400 e. The fourth-order valence-electron chi connectivity index (χ4n) is 3.63. The molecule has 1 aromatic carbocycles. The Hall–Kier alpha value is -0.980. The molecule has 2 heterocycles. The lowest BCUT2D eigenvalue weighted by atomic mass is 9.63. The Morgan fingerprint density at radius 1 is 1.00 bits per heavy atom. The van der Waals surface area contributed by atoms with Crippen molar-refractivity contribution in [2.75, 3.05) is 11.4 Å². The first kappa shape index (κ1) is 11.1. The lowest BCUT2D eigenvalue weighted by molar-refractivity contribution is 0.0928. The van der Waals surface area contributed by atoms with Crippen LogP contribution < -0.4 is 4.90 Å². The molecule has 1 heteroatoms. The van der Waals surface area contributed by atoms with Crippen molar-refractivity contribution >= 4 is 5.69 Å². The van der Waals surface area contributed by atoms with E-state index in [0.717, 1.165) is 0 Å². The van der Waals surface area contributed by atoms with E-state index in [1.165, 1.54) is 43.5 Å². The van der Waals surface area contributed by atoms with Crippen molar-refractivity contribution in [3.05, 3.63) is 29.8 Å². The molecule has 1 saturated carbocycles. The van der Waals surface area contributed by atoms with Crippen LogP contribution in [-0.4, -0.2) is 12.1 Å². The van der Waals surface area contributed by atoms with Crippen LogP contribution in [0.3, 0.4) is 0 Å². The lowest BCUT2D eigenvalue weighted by Gasteiger charge is -2.59. The highest BCUT2D eigenvalue weighted by Gasteiger charge is 2.48. The molecule has 3 fully saturated rings. The molecular formula is C16H23N. The van der Waals surface area contributed by atoms with E-state index in [2.05, 4.69) is 49.9 Å². The minimum Gasteiger partial charge on any atom is -0.365 e. The van der Waals surface area contributed by atoms with E-state index in [1.807, 2.05) is 0 Å². The molecule has 1 aliphatic carbocycles. The molecule has 4 rings (SSSR count). The van der Waals surface area contributed by atoms with Gasteiger partial charge in [-0.2, -0.15) is 0 Å². The van der Waals surface area contributed by atoms with Gasteiger partial charge in [-0.1, -0.05) is 25.1 Å². The Morgan fingerprint density at radius 3 is 2.29 bits per heavy atom. The molecule has 0 spiro atoms. The van der Waals surface area contributed by atoms with Crippen LogP contribution in [0.1, 0.15) is 45.1 Å². The molecule has 17 heavy (non-hydrogen) atoms. The van der Waals surface area contributed by atoms with Crippen LogP contribution in [0, 0.1) is 12.3 Å². The molecular weight excluding hydrogens is 206 g/mol. The summed E-state index contributed by atoms with van der Waals surface area (Å²) in [5.41, 5.74) is 3.84. The zero-order valence-corrected chi connectivity index (χ0v) is 11.3. The second-order valence-corrected chi connectivity index (χ2v) is 6.68. The average molecular weight is 229 g/mol. The molecule has 2 bridgehead atoms. The molecule has 0 amide bonds. The number of para-hydroxylation sites is 1. The molecule has 2 saturated heterocycles. The van der Waals surface area contributed by atoms with Gasteiger partial charge >= 0.3 is 0 Å². The molecule has 0 radical (unpaired) electrons. The van der Waals surface area contributed by atoms with Gasteiger partial charge in [0.15, 0.2) is 0 Å². The maximum atomic E-state index is 2.69. The van der Waals surface area contributed by atoms with Crippen LogP contribution in [0.15, 0.2) is 24.3 Å². The Kier molecular flexibility index (Phi) is 2.30. The lowest BCUT2D eigenvalue weighted by Crippen LogP contribution is -2.60. The monoisotopic (exact) mass is 229 g/mol. The summed E-state index contributed by atoms with van der Waals surface area (Å²) < 4.78 is 0. The first-order chi connectivity index (χ1) is 8.03. The summed E-state index contributed by atoms with van der Waals surface area (Å²) in [6, 6.07) is 8.86. The molecule has 0 atom stereocenters. The molecule has 2 aliphatic heterocycles. The zero-order chi connectivity index (χ0) is 12.1. The van der Waals surface area contributed by atoms with Crippen molar-refractivity contribution in [1.82, 2.24) is 0 Å². The Labute approximate surface area is 105 Å². The van der Waals surface area contributed by atoms with Gasteiger partial charge in [-0.05, 0) is 56.6 Å². The standard InChI is InChI=1S/C16H23N/c1-13-6-4-5-7-14(13)17-12-15(2)8-10-16(17,3)11-9-15/h4-7H,8-12H2,1-3H3. The molecule has 0 N–H and O–H groups in total. The third-order valence-electron chi connectivity index (χ3n) is 5.13. The predicted octanol–water partition coefficient (Wildman–Crippen LogP) is 4.15. The van der Waals surface area contributed by atoms with Crippen molar-refractivity contribution in [2.24, 2.45) is 5.41 Å². The number of hydrogen-bond acceptors (Lipinski definition) is 1. The number of nitrogens with zero attached hydrogens (tertiary/aromatic N) is 1. The Balaban J connectivity index is 2.01. The summed E-state index contributed by atoms with van der Waals surface area (Å²) in [5.74, 6) is 0. The van der Waals surface area contributed by atoms with E-state index in [1.54, 1.807) is 0 Å². The molecule has 0 unspecified atom stereocenters. The molecule has 3 aliphatic rings. The van der Waals surface area contributed by atoms with Crippen molar-refractivity contribution in [2.45, 2.75) is 52.0 Å². The highest BCUT2D eigenvalue weighted by atomic mass is 15.2. The van der Waals surface area contributed by atoms with Crippen LogP contribution in [-0.2, 0) is 0 Å². The van der Waals surface area contributed by atoms with Gasteiger partial charge in [-0.25, -0.2) is 0 Å². The summed E-state index contributed by atoms with van der Waals surface area (Å²) in [6.07, 6.45) is 5.54. The summed E-state index contributed by atoms with van der Waals surface area (Å²) >= 11 is 0. The first-order valence-electron chi connectivity index (χ1n) is 6.86. The maximum absolute atomic E-state index is 2.69. The van der Waals surface area contributed by atoms with Gasteiger partial charge < -0.3 is 4.90 Å². The second kappa shape index (κ2) is 3.51. The Bertz CT molecular complexity index is 427. The van der Waals surface area contributed by atoms with Crippen molar-refractivity contribution < 1.29 is 0 Å². The van der Waals surface area contributed by atoms with E-state index in [4.69, 9.17) is 0 Å². The van der Waals surface area contributed by atoms with Crippen LogP contribution in [0.5, 0.6) is 0 Å². The van der Waals surface area contributed by atoms with E-state index in [0.29, 0.717) is 11.0 Å². The molecule has 92 valence electrons. The topological polar surface area (TPSA) is 3.24 Å². The number of hydrogen-bond donors (Lipinski definition) is 0. The molecule has 0 aromatic heterocycles. The minimum absolute atomic E-state index is 0.407. The van der Waals surface area contributed by atoms with Crippen molar-refractivity contribution in [3.8, 4) is 0 Å². The third-order valence-corrected chi connectivity index (χ3v) is 5.13. The fraction of sp³-hybridized carbons (Fsp3) is 0.625. The third kappa shape index (κ3) is 1.67.